The van der Waals surface area contributed by atoms with Crippen molar-refractivity contribution in [3.05, 3.63) is 71.7 Å². The molecular formula is C22H18N6O2. The van der Waals surface area contributed by atoms with Gasteiger partial charge in [0.15, 0.2) is 5.82 Å². The van der Waals surface area contributed by atoms with Crippen LogP contribution in [0.2, 0.25) is 0 Å². The molecule has 0 atom stereocenters. The van der Waals surface area contributed by atoms with Gasteiger partial charge in [-0.2, -0.15) is 10.4 Å². The Balaban J connectivity index is 1.72. The Hall–Kier alpha value is -4.25. The molecule has 8 nitrogen and oxygen atoms in total. The van der Waals surface area contributed by atoms with Crippen LogP contribution in [0.3, 0.4) is 0 Å². The Kier molecular flexibility index (Phi) is 5.09. The van der Waals surface area contributed by atoms with Gasteiger partial charge in [-0.1, -0.05) is 12.1 Å². The maximum absolute atomic E-state index is 10.6. The average Bonchev–Trinajstić information content (AvgIpc) is 3.17. The Morgan fingerprint density at radius 3 is 2.80 bits per heavy atom. The van der Waals surface area contributed by atoms with Crippen molar-refractivity contribution in [2.75, 3.05) is 6.54 Å². The Morgan fingerprint density at radius 2 is 2.03 bits per heavy atom. The molecule has 0 aliphatic heterocycles. The van der Waals surface area contributed by atoms with Gasteiger partial charge in [0.05, 0.1) is 22.8 Å². The normalized spacial score (nSPS) is 10.7. The highest BCUT2D eigenvalue weighted by molar-refractivity contribution is 5.89. The van der Waals surface area contributed by atoms with Gasteiger partial charge in [-0.25, -0.2) is 14.5 Å². The molecule has 0 aliphatic carbocycles. The summed E-state index contributed by atoms with van der Waals surface area (Å²) in [7, 11) is 0. The minimum atomic E-state index is -1.06. The molecule has 3 heterocycles. The number of carboxylic acid groups (broad SMARTS) is 1. The van der Waals surface area contributed by atoms with E-state index in [0.29, 0.717) is 29.0 Å². The number of hydrogen-bond acceptors (Lipinski definition) is 5. The predicted octanol–water partition coefficient (Wildman–Crippen LogP) is 3.47. The number of nitrogens with one attached hydrogen (secondary N) is 1. The minimum Gasteiger partial charge on any atom is -0.465 e. The van der Waals surface area contributed by atoms with Crippen molar-refractivity contribution in [1.29, 1.82) is 5.26 Å². The van der Waals surface area contributed by atoms with Crippen molar-refractivity contribution in [1.82, 2.24) is 25.1 Å². The van der Waals surface area contributed by atoms with Crippen LogP contribution in [-0.4, -0.2) is 37.5 Å². The summed E-state index contributed by atoms with van der Waals surface area (Å²) in [5, 5.41) is 26.1. The van der Waals surface area contributed by atoms with Crippen LogP contribution < -0.4 is 5.32 Å². The van der Waals surface area contributed by atoms with E-state index in [1.807, 2.05) is 49.4 Å². The van der Waals surface area contributed by atoms with Gasteiger partial charge >= 0.3 is 6.09 Å². The molecule has 0 spiro atoms. The number of fused-ring (bicyclic) bond motifs is 1. The van der Waals surface area contributed by atoms with Crippen LogP contribution in [0.25, 0.3) is 28.0 Å². The molecule has 0 aliphatic rings. The molecule has 2 N–H and O–H groups in total. The summed E-state index contributed by atoms with van der Waals surface area (Å²) in [6.07, 6.45) is 1.22. The lowest BCUT2D eigenvalue weighted by atomic mass is 10.0. The Bertz CT molecular complexity index is 1290. The molecule has 0 bridgehead atoms. The molecule has 0 saturated heterocycles. The summed E-state index contributed by atoms with van der Waals surface area (Å²) in [6.45, 7) is 2.19. The number of nitrogens with zero attached hydrogens (tertiary/aromatic N) is 5. The van der Waals surface area contributed by atoms with Crippen molar-refractivity contribution < 1.29 is 9.90 Å². The molecule has 148 valence electrons. The third-order valence-corrected chi connectivity index (χ3v) is 4.61. The zero-order chi connectivity index (χ0) is 21.1. The molecule has 0 unspecified atom stereocenters. The average molecular weight is 398 g/mol. The van der Waals surface area contributed by atoms with Crippen molar-refractivity contribution in [3.63, 3.8) is 0 Å². The lowest BCUT2D eigenvalue weighted by molar-refractivity contribution is 0.194. The van der Waals surface area contributed by atoms with Gasteiger partial charge in [-0.3, -0.25) is 4.98 Å². The van der Waals surface area contributed by atoms with Crippen molar-refractivity contribution in [2.24, 2.45) is 0 Å². The number of amides is 1. The summed E-state index contributed by atoms with van der Waals surface area (Å²) in [6, 6.07) is 17.2. The largest absolute Gasteiger partial charge is 0.465 e. The topological polar surface area (TPSA) is 117 Å². The van der Waals surface area contributed by atoms with E-state index in [9.17, 15) is 10.1 Å². The molecule has 1 amide bonds. The van der Waals surface area contributed by atoms with E-state index in [1.165, 1.54) is 0 Å². The molecule has 0 radical (unpaired) electrons. The number of aromatic nitrogens is 4. The minimum absolute atomic E-state index is 0.280. The lowest BCUT2D eigenvalue weighted by Crippen LogP contribution is -2.23. The summed E-state index contributed by atoms with van der Waals surface area (Å²) < 4.78 is 1.67. The zero-order valence-electron chi connectivity index (χ0n) is 16.2. The first kappa shape index (κ1) is 19.1. The number of aryl methyl sites for hydroxylation is 1. The van der Waals surface area contributed by atoms with Gasteiger partial charge in [0.2, 0.25) is 0 Å². The molecule has 0 saturated carbocycles. The summed E-state index contributed by atoms with van der Waals surface area (Å²) >= 11 is 0. The standard InChI is InChI=1S/C22H18N6O2/c1-14-4-2-7-21(25-14)28-13-18-16(12-23)10-15(11-20(18)27-28)19-6-3-5-17(26-19)8-9-24-22(29)30/h2-7,10-11,13,24H,8-9H2,1H3,(H,29,30). The summed E-state index contributed by atoms with van der Waals surface area (Å²) in [5.74, 6) is 0.683. The first-order valence-electron chi connectivity index (χ1n) is 9.34. The zero-order valence-corrected chi connectivity index (χ0v) is 16.2. The van der Waals surface area contributed by atoms with E-state index in [2.05, 4.69) is 26.5 Å². The lowest BCUT2D eigenvalue weighted by Gasteiger charge is -2.06. The van der Waals surface area contributed by atoms with Gasteiger partial charge in [0.25, 0.3) is 0 Å². The van der Waals surface area contributed by atoms with Crippen LogP contribution in [-0.2, 0) is 6.42 Å². The maximum Gasteiger partial charge on any atom is 0.404 e. The van der Waals surface area contributed by atoms with Crippen molar-refractivity contribution >= 4 is 17.0 Å². The van der Waals surface area contributed by atoms with E-state index < -0.39 is 6.09 Å². The maximum atomic E-state index is 10.6. The fourth-order valence-corrected chi connectivity index (χ4v) is 3.21. The van der Waals surface area contributed by atoms with Crippen molar-refractivity contribution in [2.45, 2.75) is 13.3 Å². The molecule has 1 aromatic carbocycles. The first-order valence-corrected chi connectivity index (χ1v) is 9.34. The third-order valence-electron chi connectivity index (χ3n) is 4.61. The van der Waals surface area contributed by atoms with Gasteiger partial charge in [-0.15, -0.1) is 0 Å². The van der Waals surface area contributed by atoms with E-state index in [-0.39, 0.29) is 6.54 Å². The van der Waals surface area contributed by atoms with Gasteiger partial charge in [0.1, 0.15) is 0 Å². The first-order chi connectivity index (χ1) is 14.5. The molecule has 4 aromatic rings. The highest BCUT2D eigenvalue weighted by Crippen LogP contribution is 2.27. The van der Waals surface area contributed by atoms with Crippen LogP contribution in [0.1, 0.15) is 17.0 Å². The highest BCUT2D eigenvalue weighted by atomic mass is 16.4. The molecule has 8 heteroatoms. The number of carbonyl (C=O) groups is 1. The third kappa shape index (κ3) is 3.95. The summed E-state index contributed by atoms with van der Waals surface area (Å²) in [4.78, 5) is 19.7. The second kappa shape index (κ2) is 8.01. The Labute approximate surface area is 172 Å². The number of rotatable bonds is 5. The number of benzene rings is 1. The van der Waals surface area contributed by atoms with E-state index in [0.717, 1.165) is 22.3 Å². The number of nitriles is 1. The quantitative estimate of drug-likeness (QED) is 0.532. The SMILES string of the molecule is Cc1cccc(-n2cc3c(C#N)cc(-c4cccc(CCNC(=O)O)n4)cc3n2)n1. The van der Waals surface area contributed by atoms with Crippen LogP contribution >= 0.6 is 0 Å². The van der Waals surface area contributed by atoms with E-state index in [1.54, 1.807) is 16.9 Å². The molecule has 4 rings (SSSR count). The van der Waals surface area contributed by atoms with Gasteiger partial charge in [0, 0.05) is 41.5 Å². The van der Waals surface area contributed by atoms with Gasteiger partial charge < -0.3 is 10.4 Å². The van der Waals surface area contributed by atoms with Crippen LogP contribution in [0.5, 0.6) is 0 Å². The van der Waals surface area contributed by atoms with Gasteiger partial charge in [-0.05, 0) is 43.3 Å². The van der Waals surface area contributed by atoms with Crippen LogP contribution in [0.15, 0.2) is 54.7 Å². The highest BCUT2D eigenvalue weighted by Gasteiger charge is 2.12. The van der Waals surface area contributed by atoms with Crippen LogP contribution in [0.4, 0.5) is 4.79 Å². The number of pyridine rings is 2. The molecule has 3 aromatic heterocycles. The van der Waals surface area contributed by atoms with Crippen molar-refractivity contribution in [3.8, 4) is 23.1 Å². The molecule has 30 heavy (non-hydrogen) atoms. The predicted molar refractivity (Wildman–Crippen MR) is 111 cm³/mol. The Morgan fingerprint density at radius 1 is 1.20 bits per heavy atom. The monoisotopic (exact) mass is 398 g/mol. The second-order valence-corrected chi connectivity index (χ2v) is 6.78. The second-order valence-electron chi connectivity index (χ2n) is 6.78. The van der Waals surface area contributed by atoms with Crippen LogP contribution in [0, 0.1) is 18.3 Å². The smallest absolute Gasteiger partial charge is 0.404 e. The molecular weight excluding hydrogens is 380 g/mol. The molecule has 0 fully saturated rings. The fraction of sp³-hybridized carbons (Fsp3) is 0.136. The fourth-order valence-electron chi connectivity index (χ4n) is 3.21. The summed E-state index contributed by atoms with van der Waals surface area (Å²) in [5.41, 5.74) is 4.29. The van der Waals surface area contributed by atoms with E-state index >= 15 is 0 Å². The van der Waals surface area contributed by atoms with E-state index in [4.69, 9.17) is 5.11 Å². The number of hydrogen-bond donors (Lipinski definition) is 2.